The fraction of sp³-hybridized carbons (Fsp3) is 0.364. The van der Waals surface area contributed by atoms with Gasteiger partial charge in [-0.3, -0.25) is 14.5 Å². The number of benzene rings is 2. The molecule has 0 aromatic heterocycles. The molecule has 1 N–H and O–H groups in total. The number of anilines is 1. The number of carbonyl (C=O) groups excluding carboxylic acids is 2. The molecule has 0 aliphatic heterocycles. The van der Waals surface area contributed by atoms with Gasteiger partial charge < -0.3 is 10.2 Å². The summed E-state index contributed by atoms with van der Waals surface area (Å²) in [5.41, 5.74) is 3.78. The Morgan fingerprint density at radius 1 is 0.926 bits per heavy atom. The molecule has 0 saturated carbocycles. The number of amides is 2. The maximum atomic E-state index is 12.3. The van der Waals surface area contributed by atoms with Crippen molar-refractivity contribution in [1.29, 1.82) is 0 Å². The normalized spacial score (nSPS) is 10.9. The van der Waals surface area contributed by atoms with Gasteiger partial charge >= 0.3 is 0 Å². The summed E-state index contributed by atoms with van der Waals surface area (Å²) in [7, 11) is 5.35. The second kappa shape index (κ2) is 9.33. The topological polar surface area (TPSA) is 52.7 Å². The third kappa shape index (κ3) is 6.22. The van der Waals surface area contributed by atoms with Crippen molar-refractivity contribution in [3.63, 3.8) is 0 Å². The maximum absolute atomic E-state index is 12.3. The third-order valence-corrected chi connectivity index (χ3v) is 4.33. The van der Waals surface area contributed by atoms with Crippen LogP contribution in [-0.2, 0) is 11.3 Å². The van der Waals surface area contributed by atoms with E-state index in [4.69, 9.17) is 0 Å². The largest absolute Gasteiger partial charge is 0.345 e. The lowest BCUT2D eigenvalue weighted by Gasteiger charge is -2.17. The number of hydrogen-bond donors (Lipinski definition) is 1. The lowest BCUT2D eigenvalue weighted by molar-refractivity contribution is -0.117. The lowest BCUT2D eigenvalue weighted by atomic mass is 10.0. The summed E-state index contributed by atoms with van der Waals surface area (Å²) >= 11 is 0. The van der Waals surface area contributed by atoms with E-state index in [1.165, 1.54) is 16.0 Å². The zero-order chi connectivity index (χ0) is 20.0. The van der Waals surface area contributed by atoms with Gasteiger partial charge in [-0.05, 0) is 48.4 Å². The van der Waals surface area contributed by atoms with Crippen LogP contribution in [-0.4, -0.2) is 49.3 Å². The molecule has 0 aliphatic carbocycles. The zero-order valence-corrected chi connectivity index (χ0v) is 16.8. The van der Waals surface area contributed by atoms with Gasteiger partial charge in [-0.1, -0.05) is 38.1 Å². The average Bonchev–Trinajstić information content (AvgIpc) is 2.61. The molecule has 0 atom stereocenters. The highest BCUT2D eigenvalue weighted by Crippen LogP contribution is 2.15. The van der Waals surface area contributed by atoms with Gasteiger partial charge in [0.05, 0.1) is 6.54 Å². The SMILES string of the molecule is CC(C)c1ccc(CN(C)CC(=O)Nc2ccc(C(=O)N(C)C)cc2)cc1. The molecule has 0 bridgehead atoms. The smallest absolute Gasteiger partial charge is 0.253 e. The summed E-state index contributed by atoms with van der Waals surface area (Å²) < 4.78 is 0. The minimum absolute atomic E-state index is 0.0592. The quantitative estimate of drug-likeness (QED) is 0.814. The van der Waals surface area contributed by atoms with Gasteiger partial charge in [0.15, 0.2) is 0 Å². The van der Waals surface area contributed by atoms with E-state index in [0.717, 1.165) is 0 Å². The molecule has 0 saturated heterocycles. The summed E-state index contributed by atoms with van der Waals surface area (Å²) in [5, 5.41) is 2.87. The van der Waals surface area contributed by atoms with Crippen molar-refractivity contribution in [2.24, 2.45) is 0 Å². The van der Waals surface area contributed by atoms with Crippen LogP contribution in [0.2, 0.25) is 0 Å². The molecule has 5 heteroatoms. The number of nitrogens with one attached hydrogen (secondary N) is 1. The van der Waals surface area contributed by atoms with Gasteiger partial charge in [0, 0.05) is 31.9 Å². The van der Waals surface area contributed by atoms with Crippen LogP contribution in [0.4, 0.5) is 5.69 Å². The predicted octanol–water partition coefficient (Wildman–Crippen LogP) is 3.58. The first-order valence-electron chi connectivity index (χ1n) is 9.15. The van der Waals surface area contributed by atoms with Crippen LogP contribution >= 0.6 is 0 Å². The van der Waals surface area contributed by atoms with E-state index in [0.29, 0.717) is 30.3 Å². The fourth-order valence-electron chi connectivity index (χ4n) is 2.78. The summed E-state index contributed by atoms with van der Waals surface area (Å²) in [5.74, 6) is 0.376. The van der Waals surface area contributed by atoms with Crippen molar-refractivity contribution in [1.82, 2.24) is 9.80 Å². The van der Waals surface area contributed by atoms with Crippen LogP contribution in [0.25, 0.3) is 0 Å². The van der Waals surface area contributed by atoms with Gasteiger partial charge in [-0.15, -0.1) is 0 Å². The molecule has 0 aliphatic rings. The predicted molar refractivity (Wildman–Crippen MR) is 110 cm³/mol. The molecule has 2 aromatic carbocycles. The Morgan fingerprint density at radius 2 is 1.52 bits per heavy atom. The molecule has 0 spiro atoms. The van der Waals surface area contributed by atoms with Crippen molar-refractivity contribution in [2.45, 2.75) is 26.3 Å². The molecular weight excluding hydrogens is 338 g/mol. The van der Waals surface area contributed by atoms with Crippen molar-refractivity contribution in [2.75, 3.05) is 33.0 Å². The van der Waals surface area contributed by atoms with Crippen molar-refractivity contribution in [3.8, 4) is 0 Å². The van der Waals surface area contributed by atoms with Crippen LogP contribution in [0, 0.1) is 0 Å². The molecule has 2 aromatic rings. The Balaban J connectivity index is 1.86. The second-order valence-corrected chi connectivity index (χ2v) is 7.39. The zero-order valence-electron chi connectivity index (χ0n) is 16.8. The van der Waals surface area contributed by atoms with Crippen molar-refractivity contribution >= 4 is 17.5 Å². The van der Waals surface area contributed by atoms with Crippen LogP contribution < -0.4 is 5.32 Å². The lowest BCUT2D eigenvalue weighted by Crippen LogP contribution is -2.29. The molecule has 0 unspecified atom stereocenters. The van der Waals surface area contributed by atoms with E-state index in [9.17, 15) is 9.59 Å². The molecule has 2 rings (SSSR count). The highest BCUT2D eigenvalue weighted by atomic mass is 16.2. The molecule has 144 valence electrons. The standard InChI is InChI=1S/C22H29N3O2/c1-16(2)18-8-6-17(7-9-18)14-25(5)15-21(26)23-20-12-10-19(11-13-20)22(27)24(3)4/h6-13,16H,14-15H2,1-5H3,(H,23,26). The van der Waals surface area contributed by atoms with Crippen LogP contribution in [0.1, 0.15) is 41.3 Å². The minimum Gasteiger partial charge on any atom is -0.345 e. The molecule has 27 heavy (non-hydrogen) atoms. The number of hydrogen-bond acceptors (Lipinski definition) is 3. The Bertz CT molecular complexity index is 765. The van der Waals surface area contributed by atoms with Gasteiger partial charge in [-0.25, -0.2) is 0 Å². The van der Waals surface area contributed by atoms with Gasteiger partial charge in [0.25, 0.3) is 5.91 Å². The summed E-state index contributed by atoms with van der Waals surface area (Å²) in [4.78, 5) is 27.6. The number of nitrogens with zero attached hydrogens (tertiary/aromatic N) is 2. The number of carbonyl (C=O) groups is 2. The van der Waals surface area contributed by atoms with E-state index in [-0.39, 0.29) is 11.8 Å². The van der Waals surface area contributed by atoms with E-state index in [1.54, 1.807) is 38.4 Å². The Morgan fingerprint density at radius 3 is 2.04 bits per heavy atom. The first kappa shape index (κ1) is 20.6. The average molecular weight is 367 g/mol. The van der Waals surface area contributed by atoms with E-state index >= 15 is 0 Å². The first-order chi connectivity index (χ1) is 12.8. The minimum atomic E-state index is -0.0806. The van der Waals surface area contributed by atoms with Gasteiger partial charge in [0.2, 0.25) is 5.91 Å². The molecule has 0 radical (unpaired) electrons. The van der Waals surface area contributed by atoms with Crippen LogP contribution in [0.5, 0.6) is 0 Å². The monoisotopic (exact) mass is 367 g/mol. The van der Waals surface area contributed by atoms with Gasteiger partial charge in [-0.2, -0.15) is 0 Å². The fourth-order valence-corrected chi connectivity index (χ4v) is 2.78. The van der Waals surface area contributed by atoms with Crippen LogP contribution in [0.3, 0.4) is 0 Å². The highest BCUT2D eigenvalue weighted by molar-refractivity contribution is 5.95. The molecule has 0 fully saturated rings. The Labute approximate surface area is 162 Å². The van der Waals surface area contributed by atoms with E-state index < -0.39 is 0 Å². The molecular formula is C22H29N3O2. The second-order valence-electron chi connectivity index (χ2n) is 7.39. The Hall–Kier alpha value is -2.66. The first-order valence-corrected chi connectivity index (χ1v) is 9.15. The van der Waals surface area contributed by atoms with Gasteiger partial charge in [0.1, 0.15) is 0 Å². The summed E-state index contributed by atoms with van der Waals surface area (Å²) in [6, 6.07) is 15.5. The van der Waals surface area contributed by atoms with E-state index in [1.807, 2.05) is 11.9 Å². The van der Waals surface area contributed by atoms with E-state index in [2.05, 4.69) is 43.4 Å². The van der Waals surface area contributed by atoms with Crippen molar-refractivity contribution in [3.05, 3.63) is 65.2 Å². The number of rotatable bonds is 7. The van der Waals surface area contributed by atoms with Crippen LogP contribution in [0.15, 0.2) is 48.5 Å². The molecule has 5 nitrogen and oxygen atoms in total. The molecule has 2 amide bonds. The maximum Gasteiger partial charge on any atom is 0.253 e. The summed E-state index contributed by atoms with van der Waals surface area (Å²) in [6.07, 6.45) is 0. The molecule has 0 heterocycles. The third-order valence-electron chi connectivity index (χ3n) is 4.33. The Kier molecular flexibility index (Phi) is 7.13. The highest BCUT2D eigenvalue weighted by Gasteiger charge is 2.10. The number of likely N-dealkylation sites (N-methyl/N-ethyl adjacent to an activating group) is 1. The van der Waals surface area contributed by atoms with Crippen molar-refractivity contribution < 1.29 is 9.59 Å². The summed E-state index contributed by atoms with van der Waals surface area (Å²) in [6.45, 7) is 5.36.